The molecule has 2 aromatic heterocycles. The van der Waals surface area contributed by atoms with E-state index in [1.807, 2.05) is 34.4 Å². The zero-order chi connectivity index (χ0) is 12.6. The van der Waals surface area contributed by atoms with Crippen molar-refractivity contribution in [1.82, 2.24) is 5.32 Å². The number of nitrogens with one attached hydrogen (secondary N) is 1. The summed E-state index contributed by atoms with van der Waals surface area (Å²) in [4.78, 5) is 2.84. The van der Waals surface area contributed by atoms with Crippen molar-refractivity contribution in [2.45, 2.75) is 18.9 Å². The largest absolute Gasteiger partial charge is 0.305 e. The molecule has 0 amide bonds. The number of hydrogen-bond acceptors (Lipinski definition) is 4. The number of hydrogen-bond donors (Lipinski definition) is 1. The van der Waals surface area contributed by atoms with Crippen LogP contribution in [0.3, 0.4) is 0 Å². The first-order valence-electron chi connectivity index (χ1n) is 6.21. The number of thiophene rings is 2. The van der Waals surface area contributed by atoms with Gasteiger partial charge in [-0.3, -0.25) is 0 Å². The standard InChI is InChI=1S/C14H19NS3/c1-16-9-3-2-8-15-14(12-6-4-10-17-12)13-7-5-11-18-13/h4-7,10-11,14-15H,2-3,8-9H2,1H3. The molecule has 2 heterocycles. The SMILES string of the molecule is CSCCCCNC(c1cccs1)c1cccs1. The molecule has 0 radical (unpaired) electrons. The molecule has 0 spiro atoms. The summed E-state index contributed by atoms with van der Waals surface area (Å²) in [6.07, 6.45) is 4.73. The van der Waals surface area contributed by atoms with E-state index >= 15 is 0 Å². The monoisotopic (exact) mass is 297 g/mol. The molecule has 0 bridgehead atoms. The highest BCUT2D eigenvalue weighted by Gasteiger charge is 2.14. The van der Waals surface area contributed by atoms with Crippen molar-refractivity contribution < 1.29 is 0 Å². The van der Waals surface area contributed by atoms with Gasteiger partial charge in [0.1, 0.15) is 0 Å². The molecule has 1 N–H and O–H groups in total. The molecule has 2 aromatic rings. The Morgan fingerprint density at radius 3 is 2.28 bits per heavy atom. The van der Waals surface area contributed by atoms with Gasteiger partial charge in [-0.05, 0) is 54.3 Å². The summed E-state index contributed by atoms with van der Waals surface area (Å²) >= 11 is 5.61. The average molecular weight is 298 g/mol. The maximum atomic E-state index is 3.70. The minimum Gasteiger partial charge on any atom is -0.305 e. The van der Waals surface area contributed by atoms with Gasteiger partial charge in [0.25, 0.3) is 0 Å². The Morgan fingerprint density at radius 2 is 1.78 bits per heavy atom. The van der Waals surface area contributed by atoms with Gasteiger partial charge in [0.05, 0.1) is 6.04 Å². The Labute approximate surface area is 122 Å². The van der Waals surface area contributed by atoms with Crippen LogP contribution in [0.15, 0.2) is 35.0 Å². The molecule has 0 aliphatic rings. The van der Waals surface area contributed by atoms with Crippen molar-refractivity contribution in [2.75, 3.05) is 18.6 Å². The van der Waals surface area contributed by atoms with Crippen LogP contribution in [0, 0.1) is 0 Å². The topological polar surface area (TPSA) is 12.0 Å². The molecule has 98 valence electrons. The molecule has 18 heavy (non-hydrogen) atoms. The van der Waals surface area contributed by atoms with Crippen LogP contribution in [0.25, 0.3) is 0 Å². The third kappa shape index (κ3) is 4.12. The summed E-state index contributed by atoms with van der Waals surface area (Å²) in [6, 6.07) is 9.11. The molecule has 0 aliphatic heterocycles. The lowest BCUT2D eigenvalue weighted by Crippen LogP contribution is -2.22. The van der Waals surface area contributed by atoms with Gasteiger partial charge in [-0.2, -0.15) is 11.8 Å². The lowest BCUT2D eigenvalue weighted by Gasteiger charge is -2.16. The Kier molecular flexibility index (Phi) is 6.28. The van der Waals surface area contributed by atoms with Gasteiger partial charge >= 0.3 is 0 Å². The zero-order valence-electron chi connectivity index (χ0n) is 10.6. The molecule has 2 rings (SSSR count). The van der Waals surface area contributed by atoms with Crippen LogP contribution in [0.4, 0.5) is 0 Å². The first-order valence-corrected chi connectivity index (χ1v) is 9.36. The first kappa shape index (κ1) is 14.1. The summed E-state index contributed by atoms with van der Waals surface area (Å²) in [5, 5.41) is 8.01. The van der Waals surface area contributed by atoms with E-state index in [1.54, 1.807) is 0 Å². The quantitative estimate of drug-likeness (QED) is 0.713. The highest BCUT2D eigenvalue weighted by atomic mass is 32.2. The van der Waals surface area contributed by atoms with Crippen molar-refractivity contribution in [3.8, 4) is 0 Å². The number of thioether (sulfide) groups is 1. The average Bonchev–Trinajstić information content (AvgIpc) is 3.06. The Morgan fingerprint density at radius 1 is 1.11 bits per heavy atom. The first-order chi connectivity index (χ1) is 8.92. The van der Waals surface area contributed by atoms with Crippen molar-refractivity contribution in [3.63, 3.8) is 0 Å². The minimum atomic E-state index is 0.388. The molecule has 0 saturated heterocycles. The van der Waals surface area contributed by atoms with E-state index in [0.29, 0.717) is 6.04 Å². The fourth-order valence-corrected chi connectivity index (χ4v) is 4.07. The molecule has 0 atom stereocenters. The second kappa shape index (κ2) is 8.00. The summed E-state index contributed by atoms with van der Waals surface area (Å²) in [5.74, 6) is 1.27. The fraction of sp³-hybridized carbons (Fsp3) is 0.429. The second-order valence-corrected chi connectivity index (χ2v) is 7.06. The van der Waals surface area contributed by atoms with Gasteiger partial charge in [0, 0.05) is 9.75 Å². The van der Waals surface area contributed by atoms with Gasteiger partial charge in [-0.15, -0.1) is 22.7 Å². The van der Waals surface area contributed by atoms with Gasteiger partial charge in [0.2, 0.25) is 0 Å². The van der Waals surface area contributed by atoms with Crippen LogP contribution in [-0.4, -0.2) is 18.6 Å². The Hall–Kier alpha value is -0.290. The number of rotatable bonds is 8. The molecule has 1 nitrogen and oxygen atoms in total. The van der Waals surface area contributed by atoms with E-state index in [-0.39, 0.29) is 0 Å². The molecule has 0 aromatic carbocycles. The van der Waals surface area contributed by atoms with Gasteiger partial charge < -0.3 is 5.32 Å². The fourth-order valence-electron chi connectivity index (χ4n) is 1.87. The van der Waals surface area contributed by atoms with E-state index in [2.05, 4.69) is 46.6 Å². The van der Waals surface area contributed by atoms with Gasteiger partial charge in [-0.25, -0.2) is 0 Å². The van der Waals surface area contributed by atoms with Crippen LogP contribution < -0.4 is 5.32 Å². The normalized spacial score (nSPS) is 11.2. The van der Waals surface area contributed by atoms with Crippen LogP contribution in [-0.2, 0) is 0 Å². The lowest BCUT2D eigenvalue weighted by atomic mass is 10.2. The van der Waals surface area contributed by atoms with Gasteiger partial charge in [0.15, 0.2) is 0 Å². The van der Waals surface area contributed by atoms with Gasteiger partial charge in [-0.1, -0.05) is 12.1 Å². The number of unbranched alkanes of at least 4 members (excludes halogenated alkanes) is 1. The molecular weight excluding hydrogens is 278 g/mol. The van der Waals surface area contributed by atoms with E-state index in [9.17, 15) is 0 Å². The highest BCUT2D eigenvalue weighted by Crippen LogP contribution is 2.29. The second-order valence-electron chi connectivity index (χ2n) is 4.12. The highest BCUT2D eigenvalue weighted by molar-refractivity contribution is 7.98. The van der Waals surface area contributed by atoms with Crippen molar-refractivity contribution in [2.24, 2.45) is 0 Å². The molecule has 0 aliphatic carbocycles. The maximum Gasteiger partial charge on any atom is 0.0764 e. The van der Waals surface area contributed by atoms with Crippen molar-refractivity contribution in [1.29, 1.82) is 0 Å². The van der Waals surface area contributed by atoms with Crippen molar-refractivity contribution in [3.05, 3.63) is 44.8 Å². The zero-order valence-corrected chi connectivity index (χ0v) is 13.0. The van der Waals surface area contributed by atoms with Crippen LogP contribution in [0.2, 0.25) is 0 Å². The van der Waals surface area contributed by atoms with Crippen molar-refractivity contribution >= 4 is 34.4 Å². The Bertz CT molecular complexity index is 374. The van der Waals surface area contributed by atoms with E-state index < -0.39 is 0 Å². The summed E-state index contributed by atoms with van der Waals surface area (Å²) in [7, 11) is 0. The Balaban J connectivity index is 1.90. The van der Waals surface area contributed by atoms with Crippen LogP contribution in [0.1, 0.15) is 28.6 Å². The van der Waals surface area contributed by atoms with E-state index in [4.69, 9.17) is 0 Å². The summed E-state index contributed by atoms with van der Waals surface area (Å²) in [6.45, 7) is 1.10. The lowest BCUT2D eigenvalue weighted by molar-refractivity contribution is 0.592. The maximum absolute atomic E-state index is 3.70. The van der Waals surface area contributed by atoms with E-state index in [1.165, 1.54) is 28.3 Å². The van der Waals surface area contributed by atoms with Crippen LogP contribution in [0.5, 0.6) is 0 Å². The predicted molar refractivity (Wildman–Crippen MR) is 86.1 cm³/mol. The third-order valence-electron chi connectivity index (χ3n) is 2.78. The molecule has 0 unspecified atom stereocenters. The minimum absolute atomic E-state index is 0.388. The smallest absolute Gasteiger partial charge is 0.0764 e. The molecular formula is C14H19NS3. The summed E-state index contributed by atoms with van der Waals surface area (Å²) < 4.78 is 0. The molecule has 0 fully saturated rings. The van der Waals surface area contributed by atoms with E-state index in [0.717, 1.165) is 6.54 Å². The summed E-state index contributed by atoms with van der Waals surface area (Å²) in [5.41, 5.74) is 0. The van der Waals surface area contributed by atoms with Crippen LogP contribution >= 0.6 is 34.4 Å². The predicted octanol–water partition coefficient (Wildman–Crippen LogP) is 4.63. The molecule has 4 heteroatoms. The molecule has 0 saturated carbocycles. The third-order valence-corrected chi connectivity index (χ3v) is 5.35.